The summed E-state index contributed by atoms with van der Waals surface area (Å²) in [6.45, 7) is 3.76. The van der Waals surface area contributed by atoms with E-state index < -0.39 is 17.7 Å². The maximum Gasteiger partial charge on any atom is 0.296 e. The normalized spacial score (nSPS) is 17.2. The maximum absolute atomic E-state index is 13.4. The van der Waals surface area contributed by atoms with Crippen LogP contribution in [0.5, 0.6) is 11.5 Å². The van der Waals surface area contributed by atoms with E-state index in [-0.39, 0.29) is 23.6 Å². The number of ketones is 1. The minimum Gasteiger partial charge on any atom is -0.505 e. The molecule has 1 aliphatic heterocycles. The Kier molecular flexibility index (Phi) is 5.75. The Morgan fingerprint density at radius 3 is 2.53 bits per heavy atom. The van der Waals surface area contributed by atoms with Crippen LogP contribution in [0, 0.1) is 13.8 Å². The summed E-state index contributed by atoms with van der Waals surface area (Å²) >= 11 is 0. The molecule has 0 aliphatic carbocycles. The predicted octanol–water partition coefficient (Wildman–Crippen LogP) is 4.18. The number of ether oxygens (including phenoxy) is 2. The average molecular weight is 488 g/mol. The summed E-state index contributed by atoms with van der Waals surface area (Å²) in [5.41, 5.74) is 2.97. The van der Waals surface area contributed by atoms with Crippen molar-refractivity contribution in [1.82, 2.24) is 14.3 Å². The Labute approximate surface area is 207 Å². The number of hydrogen-bond donors (Lipinski definition) is 1. The van der Waals surface area contributed by atoms with Crippen molar-refractivity contribution in [3.05, 3.63) is 88.8 Å². The van der Waals surface area contributed by atoms with Crippen LogP contribution in [0.25, 0.3) is 11.4 Å². The van der Waals surface area contributed by atoms with Gasteiger partial charge < -0.3 is 28.3 Å². The van der Waals surface area contributed by atoms with Gasteiger partial charge in [0.25, 0.3) is 11.7 Å². The fraction of sp³-hybridized carbons (Fsp3) is 0.222. The van der Waals surface area contributed by atoms with E-state index >= 15 is 0 Å². The zero-order chi connectivity index (χ0) is 25.6. The lowest BCUT2D eigenvalue weighted by atomic mass is 9.96. The van der Waals surface area contributed by atoms with Gasteiger partial charge in [-0.15, -0.1) is 0 Å². The van der Waals surface area contributed by atoms with Crippen LogP contribution in [0.3, 0.4) is 0 Å². The first kappa shape index (κ1) is 23.2. The number of benzene rings is 1. The van der Waals surface area contributed by atoms with Gasteiger partial charge in [0.05, 0.1) is 44.3 Å². The van der Waals surface area contributed by atoms with Gasteiger partial charge in [-0.25, -0.2) is 4.98 Å². The van der Waals surface area contributed by atoms with E-state index in [1.807, 2.05) is 29.7 Å². The Hall–Kier alpha value is -4.53. The third-order valence-electron chi connectivity index (χ3n) is 6.48. The van der Waals surface area contributed by atoms with Crippen molar-refractivity contribution in [3.8, 4) is 11.5 Å². The molecule has 0 spiro atoms. The first-order valence-electron chi connectivity index (χ1n) is 11.3. The van der Waals surface area contributed by atoms with Gasteiger partial charge in [-0.1, -0.05) is 12.1 Å². The van der Waals surface area contributed by atoms with Gasteiger partial charge in [0, 0.05) is 6.20 Å². The molecule has 1 unspecified atom stereocenters. The van der Waals surface area contributed by atoms with Crippen molar-refractivity contribution < 1.29 is 28.6 Å². The highest BCUT2D eigenvalue weighted by Gasteiger charge is 2.47. The second-order valence-corrected chi connectivity index (χ2v) is 8.55. The molecule has 4 aromatic rings. The van der Waals surface area contributed by atoms with Crippen molar-refractivity contribution in [1.29, 1.82) is 0 Å². The summed E-state index contributed by atoms with van der Waals surface area (Å²) in [7, 11) is 3.03. The van der Waals surface area contributed by atoms with Crippen molar-refractivity contribution >= 4 is 23.1 Å². The number of furan rings is 1. The third-order valence-corrected chi connectivity index (χ3v) is 6.48. The molecule has 4 heterocycles. The lowest BCUT2D eigenvalue weighted by molar-refractivity contribution is -0.140. The summed E-state index contributed by atoms with van der Waals surface area (Å²) in [4.78, 5) is 32.6. The molecule has 36 heavy (non-hydrogen) atoms. The molecule has 1 aromatic carbocycles. The number of likely N-dealkylation sites (tertiary alicyclic amines) is 1. The number of fused-ring (bicyclic) bond motifs is 1. The van der Waals surface area contributed by atoms with Crippen LogP contribution in [-0.4, -0.2) is 45.3 Å². The topological polar surface area (TPSA) is 107 Å². The number of nitrogens with zero attached hydrogens (tertiary/aromatic N) is 3. The van der Waals surface area contributed by atoms with E-state index in [0.29, 0.717) is 34.2 Å². The van der Waals surface area contributed by atoms with Crippen LogP contribution in [-0.2, 0) is 16.1 Å². The van der Waals surface area contributed by atoms with Crippen LogP contribution in [0.1, 0.15) is 34.3 Å². The van der Waals surface area contributed by atoms with Gasteiger partial charge in [0.1, 0.15) is 17.1 Å². The van der Waals surface area contributed by atoms with Crippen molar-refractivity contribution in [2.45, 2.75) is 26.4 Å². The highest BCUT2D eigenvalue weighted by atomic mass is 16.5. The number of aryl methyl sites for hydroxylation is 2. The van der Waals surface area contributed by atoms with E-state index in [4.69, 9.17) is 13.9 Å². The van der Waals surface area contributed by atoms with Gasteiger partial charge >= 0.3 is 0 Å². The van der Waals surface area contributed by atoms with Crippen molar-refractivity contribution in [2.75, 3.05) is 14.2 Å². The van der Waals surface area contributed by atoms with Gasteiger partial charge in [0.2, 0.25) is 0 Å². The Morgan fingerprint density at radius 2 is 1.86 bits per heavy atom. The molecule has 1 fully saturated rings. The molecule has 0 bridgehead atoms. The molecule has 0 saturated carbocycles. The van der Waals surface area contributed by atoms with Crippen LogP contribution >= 0.6 is 0 Å². The molecule has 1 atom stereocenters. The Morgan fingerprint density at radius 1 is 1.08 bits per heavy atom. The highest BCUT2D eigenvalue weighted by Crippen LogP contribution is 2.43. The van der Waals surface area contributed by atoms with E-state index in [0.717, 1.165) is 5.56 Å². The van der Waals surface area contributed by atoms with Crippen molar-refractivity contribution in [3.63, 3.8) is 0 Å². The Bertz CT molecular complexity index is 1520. The molecule has 1 amide bonds. The number of carbonyl (C=O) groups excluding carboxylic acids is 2. The zero-order valence-electron chi connectivity index (χ0n) is 20.3. The number of methoxy groups -OCH3 is 2. The predicted molar refractivity (Wildman–Crippen MR) is 131 cm³/mol. The lowest BCUT2D eigenvalue weighted by Crippen LogP contribution is -2.29. The molecule has 1 aliphatic rings. The van der Waals surface area contributed by atoms with Gasteiger partial charge in [-0.3, -0.25) is 9.59 Å². The quantitative estimate of drug-likeness (QED) is 0.247. The molecule has 9 nitrogen and oxygen atoms in total. The van der Waals surface area contributed by atoms with Crippen molar-refractivity contribution in [2.24, 2.45) is 0 Å². The number of imidazole rings is 1. The highest BCUT2D eigenvalue weighted by molar-refractivity contribution is 6.46. The van der Waals surface area contributed by atoms with E-state index in [1.54, 1.807) is 37.3 Å². The monoisotopic (exact) mass is 487 g/mol. The van der Waals surface area contributed by atoms with Crippen LogP contribution < -0.4 is 9.47 Å². The minimum atomic E-state index is -0.903. The number of rotatable bonds is 6. The molecular formula is C27H25N3O6. The minimum absolute atomic E-state index is 0.0383. The molecule has 184 valence electrons. The summed E-state index contributed by atoms with van der Waals surface area (Å²) in [6.07, 6.45) is 3.34. The SMILES string of the molecule is COc1ccc(C2C(=C(O)c3nc4c(C)cccn4c3C)C(=O)C(=O)N2Cc2ccco2)cc1OC. The Balaban J connectivity index is 1.73. The fourth-order valence-electron chi connectivity index (χ4n) is 4.66. The second-order valence-electron chi connectivity index (χ2n) is 8.55. The van der Waals surface area contributed by atoms with E-state index in [2.05, 4.69) is 4.98 Å². The summed E-state index contributed by atoms with van der Waals surface area (Å²) in [5, 5.41) is 11.5. The number of aromatic nitrogens is 2. The third kappa shape index (κ3) is 3.60. The van der Waals surface area contributed by atoms with E-state index in [1.165, 1.54) is 25.4 Å². The molecular weight excluding hydrogens is 462 g/mol. The first-order valence-corrected chi connectivity index (χ1v) is 11.3. The summed E-state index contributed by atoms with van der Waals surface area (Å²) < 4.78 is 18.1. The second kappa shape index (κ2) is 8.92. The number of amides is 1. The van der Waals surface area contributed by atoms with Crippen LogP contribution in [0.15, 0.2) is 64.9 Å². The van der Waals surface area contributed by atoms with Gasteiger partial charge in [-0.2, -0.15) is 0 Å². The maximum atomic E-state index is 13.4. The lowest BCUT2D eigenvalue weighted by Gasteiger charge is -2.25. The first-order chi connectivity index (χ1) is 17.3. The number of pyridine rings is 1. The number of aliphatic hydroxyl groups excluding tert-OH is 1. The fourth-order valence-corrected chi connectivity index (χ4v) is 4.66. The largest absolute Gasteiger partial charge is 0.505 e. The van der Waals surface area contributed by atoms with Gasteiger partial charge in [0.15, 0.2) is 17.3 Å². The standard InChI is InChI=1S/C27H25N3O6/c1-15-7-5-11-29-16(2)22(28-26(15)29)24(31)21-23(17-9-10-19(34-3)20(13-17)35-4)30(27(33)25(21)32)14-18-8-6-12-36-18/h5-13,23,31H,14H2,1-4H3. The van der Waals surface area contributed by atoms with Crippen LogP contribution in [0.4, 0.5) is 0 Å². The number of hydrogen-bond acceptors (Lipinski definition) is 7. The molecule has 0 radical (unpaired) electrons. The molecule has 1 saturated heterocycles. The molecule has 5 rings (SSSR count). The molecule has 3 aromatic heterocycles. The summed E-state index contributed by atoms with van der Waals surface area (Å²) in [6, 6.07) is 11.4. The molecule has 1 N–H and O–H groups in total. The smallest absolute Gasteiger partial charge is 0.296 e. The van der Waals surface area contributed by atoms with Gasteiger partial charge in [-0.05, 0) is 55.3 Å². The number of carbonyl (C=O) groups is 2. The molecule has 9 heteroatoms. The number of aliphatic hydroxyl groups is 1. The average Bonchev–Trinajstić information content (AvgIpc) is 3.58. The number of Topliss-reactive ketones (excluding diaryl/α,β-unsaturated/α-hetero) is 1. The van der Waals surface area contributed by atoms with E-state index in [9.17, 15) is 14.7 Å². The summed E-state index contributed by atoms with van der Waals surface area (Å²) in [5.74, 6) is -0.455. The van der Waals surface area contributed by atoms with Crippen LogP contribution in [0.2, 0.25) is 0 Å². The zero-order valence-corrected chi connectivity index (χ0v) is 20.3.